The van der Waals surface area contributed by atoms with Gasteiger partial charge in [-0.2, -0.15) is 17.9 Å². The fourth-order valence-corrected chi connectivity index (χ4v) is 3.16. The number of carbonyl (C=O) groups excluding carboxylic acids is 1. The summed E-state index contributed by atoms with van der Waals surface area (Å²) in [6.07, 6.45) is -3.05. The number of hydrogen-bond acceptors (Lipinski definition) is 4. The minimum Gasteiger partial charge on any atom is -0.415 e. The van der Waals surface area contributed by atoms with Crippen LogP contribution in [0.25, 0.3) is 22.4 Å². The fourth-order valence-electron chi connectivity index (χ4n) is 3.16. The van der Waals surface area contributed by atoms with Crippen molar-refractivity contribution in [2.75, 3.05) is 12.4 Å². The molecule has 9 heteroatoms. The molecule has 2 aromatic carbocycles. The molecule has 152 valence electrons. The molecule has 0 bridgehead atoms. The Bertz CT molecular complexity index is 1220. The van der Waals surface area contributed by atoms with Gasteiger partial charge in [0, 0.05) is 11.8 Å². The quantitative estimate of drug-likeness (QED) is 0.539. The van der Waals surface area contributed by atoms with Crippen molar-refractivity contribution in [2.45, 2.75) is 6.18 Å². The number of nitrogens with zero attached hydrogens (tertiary/aromatic N) is 3. The van der Waals surface area contributed by atoms with E-state index in [2.05, 4.69) is 15.3 Å². The van der Waals surface area contributed by atoms with Crippen molar-refractivity contribution in [3.63, 3.8) is 0 Å². The monoisotopic (exact) mass is 412 g/mol. The van der Waals surface area contributed by atoms with Crippen molar-refractivity contribution in [2.24, 2.45) is 0 Å². The third-order valence-electron chi connectivity index (χ3n) is 4.45. The van der Waals surface area contributed by atoms with Crippen LogP contribution in [-0.4, -0.2) is 27.7 Å². The lowest BCUT2D eigenvalue weighted by Gasteiger charge is -2.13. The van der Waals surface area contributed by atoms with Gasteiger partial charge in [-0.15, -0.1) is 0 Å². The number of alkyl halides is 3. The van der Waals surface area contributed by atoms with Crippen LogP contribution in [0.1, 0.15) is 15.9 Å². The van der Waals surface area contributed by atoms with Crippen molar-refractivity contribution < 1.29 is 22.8 Å². The van der Waals surface area contributed by atoms with E-state index in [1.54, 1.807) is 30.3 Å². The number of para-hydroxylation sites is 1. The Balaban J connectivity index is 1.87. The molecule has 0 radical (unpaired) electrons. The van der Waals surface area contributed by atoms with Gasteiger partial charge >= 0.3 is 6.18 Å². The first-order valence-corrected chi connectivity index (χ1v) is 8.85. The van der Waals surface area contributed by atoms with Gasteiger partial charge in [-0.25, -0.2) is 9.97 Å². The van der Waals surface area contributed by atoms with E-state index in [0.29, 0.717) is 11.3 Å². The maximum absolute atomic E-state index is 13.5. The summed E-state index contributed by atoms with van der Waals surface area (Å²) in [4.78, 5) is 26.5. The molecule has 0 saturated heterocycles. The van der Waals surface area contributed by atoms with Crippen LogP contribution in [0.5, 0.6) is 0 Å². The summed E-state index contributed by atoms with van der Waals surface area (Å²) in [7, 11) is 1.32. The van der Waals surface area contributed by atoms with E-state index in [9.17, 15) is 18.0 Å². The number of imidazole rings is 1. The van der Waals surface area contributed by atoms with Gasteiger partial charge in [0.1, 0.15) is 24.0 Å². The highest BCUT2D eigenvalue weighted by molar-refractivity contribution is 6.11. The van der Waals surface area contributed by atoms with Crippen molar-refractivity contribution in [1.82, 2.24) is 14.7 Å². The van der Waals surface area contributed by atoms with E-state index in [1.807, 2.05) is 0 Å². The molecule has 0 saturated carbocycles. The number of aromatic nitrogens is 3. The molecule has 0 spiro atoms. The molecule has 0 aliphatic rings. The maximum atomic E-state index is 13.5. The summed E-state index contributed by atoms with van der Waals surface area (Å²) in [6, 6.07) is 14.9. The summed E-state index contributed by atoms with van der Waals surface area (Å²) in [6.45, 7) is 0. The van der Waals surface area contributed by atoms with Gasteiger partial charge in [0.2, 0.25) is 0 Å². The number of nitrogens with one attached hydrogen (secondary N) is 1. The third-order valence-corrected chi connectivity index (χ3v) is 4.45. The van der Waals surface area contributed by atoms with Crippen molar-refractivity contribution >= 4 is 22.8 Å². The number of halogens is 3. The van der Waals surface area contributed by atoms with Crippen LogP contribution in [0, 0.1) is 0 Å². The zero-order valence-electron chi connectivity index (χ0n) is 15.6. The predicted octanol–water partition coefficient (Wildman–Crippen LogP) is 4.43. The lowest BCUT2D eigenvalue weighted by Crippen LogP contribution is -2.13. The van der Waals surface area contributed by atoms with Crippen LogP contribution in [0.15, 0.2) is 66.9 Å². The number of rotatable bonds is 4. The van der Waals surface area contributed by atoms with Crippen molar-refractivity contribution in [1.29, 1.82) is 0 Å². The molecule has 0 unspecified atom stereocenters. The molecule has 30 heavy (non-hydrogen) atoms. The number of anilines is 1. The Morgan fingerprint density at radius 2 is 1.80 bits per heavy atom. The highest BCUT2D eigenvalue weighted by Gasteiger charge is 2.35. The largest absolute Gasteiger partial charge is 0.417 e. The van der Waals surface area contributed by atoms with Crippen molar-refractivity contribution in [3.8, 4) is 11.4 Å². The summed E-state index contributed by atoms with van der Waals surface area (Å²) in [5, 5.41) is 2.65. The van der Waals surface area contributed by atoms with Crippen LogP contribution >= 0.6 is 0 Å². The second-order valence-corrected chi connectivity index (χ2v) is 6.30. The van der Waals surface area contributed by atoms with Crippen LogP contribution in [0.2, 0.25) is 0 Å². The average molecular weight is 412 g/mol. The van der Waals surface area contributed by atoms with Gasteiger partial charge in [0.05, 0.1) is 11.1 Å². The van der Waals surface area contributed by atoms with Gasteiger partial charge in [-0.05, 0) is 30.3 Å². The summed E-state index contributed by atoms with van der Waals surface area (Å²) >= 11 is 0. The van der Waals surface area contributed by atoms with Gasteiger partial charge in [0.25, 0.3) is 5.91 Å². The van der Waals surface area contributed by atoms with Crippen LogP contribution in [-0.2, 0) is 6.18 Å². The van der Waals surface area contributed by atoms with E-state index in [-0.39, 0.29) is 22.5 Å². The number of fused-ring (bicyclic) bond motifs is 1. The molecular weight excluding hydrogens is 397 g/mol. The molecular formula is C21H15F3N4O2. The second kappa shape index (κ2) is 7.51. The van der Waals surface area contributed by atoms with Gasteiger partial charge in [-0.3, -0.25) is 4.79 Å². The van der Waals surface area contributed by atoms with E-state index in [0.717, 1.165) is 6.07 Å². The molecule has 2 heterocycles. The van der Waals surface area contributed by atoms with E-state index < -0.39 is 17.6 Å². The SMILES string of the molecule is COn1c(-c2ccccc2C(F)(F)F)nc2c(C(=O)Nc3ccccn3)cccc21. The molecule has 4 aromatic rings. The van der Waals surface area contributed by atoms with Crippen LogP contribution in [0.4, 0.5) is 19.0 Å². The highest BCUT2D eigenvalue weighted by Crippen LogP contribution is 2.37. The first kappa shape index (κ1) is 19.4. The fraction of sp³-hybridized carbons (Fsp3) is 0.0952. The number of carbonyl (C=O) groups is 1. The molecule has 4 rings (SSSR count). The van der Waals surface area contributed by atoms with E-state index in [1.165, 1.54) is 42.3 Å². The number of benzene rings is 2. The summed E-state index contributed by atoms with van der Waals surface area (Å²) in [5.74, 6) is -0.206. The van der Waals surface area contributed by atoms with Gasteiger partial charge in [-0.1, -0.05) is 30.3 Å². The number of hydrogen-bond donors (Lipinski definition) is 1. The normalized spacial score (nSPS) is 11.5. The third kappa shape index (κ3) is 3.45. The van der Waals surface area contributed by atoms with Crippen LogP contribution < -0.4 is 10.2 Å². The average Bonchev–Trinajstić information content (AvgIpc) is 3.12. The second-order valence-electron chi connectivity index (χ2n) is 6.30. The molecule has 2 aromatic heterocycles. The zero-order valence-corrected chi connectivity index (χ0v) is 15.6. The minimum absolute atomic E-state index is 0.0569. The Labute approximate surface area is 168 Å². The topological polar surface area (TPSA) is 69.0 Å². The first-order valence-electron chi connectivity index (χ1n) is 8.85. The van der Waals surface area contributed by atoms with Gasteiger partial charge < -0.3 is 10.2 Å². The van der Waals surface area contributed by atoms with E-state index in [4.69, 9.17) is 4.84 Å². The molecule has 1 N–H and O–H groups in total. The first-order chi connectivity index (χ1) is 14.4. The molecule has 1 amide bonds. The standard InChI is InChI=1S/C21H15F3N4O2/c1-30-28-16-10-6-8-14(20(29)26-17-11-4-5-12-25-17)18(16)27-19(28)13-7-2-3-9-15(13)21(22,23)24/h2-12H,1H3,(H,25,26,29). The predicted molar refractivity (Wildman–Crippen MR) is 105 cm³/mol. The molecule has 0 aliphatic carbocycles. The van der Waals surface area contributed by atoms with E-state index >= 15 is 0 Å². The van der Waals surface area contributed by atoms with Crippen molar-refractivity contribution in [3.05, 3.63) is 78.0 Å². The Hall–Kier alpha value is -3.88. The number of pyridine rings is 1. The number of amides is 1. The highest BCUT2D eigenvalue weighted by atomic mass is 19.4. The molecule has 6 nitrogen and oxygen atoms in total. The minimum atomic E-state index is -4.58. The maximum Gasteiger partial charge on any atom is 0.417 e. The molecule has 0 aliphatic heterocycles. The Morgan fingerprint density at radius 1 is 1.03 bits per heavy atom. The molecule has 0 fully saturated rings. The molecule has 0 atom stereocenters. The Morgan fingerprint density at radius 3 is 2.50 bits per heavy atom. The Kier molecular flexibility index (Phi) is 4.86. The van der Waals surface area contributed by atoms with Crippen LogP contribution in [0.3, 0.4) is 0 Å². The lowest BCUT2D eigenvalue weighted by atomic mass is 10.1. The van der Waals surface area contributed by atoms with Gasteiger partial charge in [0.15, 0.2) is 5.82 Å². The summed E-state index contributed by atoms with van der Waals surface area (Å²) < 4.78 is 41.8. The lowest BCUT2D eigenvalue weighted by molar-refractivity contribution is -0.137. The summed E-state index contributed by atoms with van der Waals surface area (Å²) in [5.41, 5.74) is -0.255. The smallest absolute Gasteiger partial charge is 0.415 e. The zero-order chi connectivity index (χ0) is 21.3.